The Labute approximate surface area is 114 Å². The molecule has 19 heavy (non-hydrogen) atoms. The maximum atomic E-state index is 12.7. The predicted molar refractivity (Wildman–Crippen MR) is 73.8 cm³/mol. The molecule has 0 unspecified atom stereocenters. The van der Waals surface area contributed by atoms with E-state index in [0.717, 1.165) is 23.4 Å². The highest BCUT2D eigenvalue weighted by Crippen LogP contribution is 2.33. The summed E-state index contributed by atoms with van der Waals surface area (Å²) < 4.78 is 38.0. The fraction of sp³-hybridized carbons (Fsp3) is 0.462. The van der Waals surface area contributed by atoms with Gasteiger partial charge in [0.2, 0.25) is 0 Å². The van der Waals surface area contributed by atoms with Gasteiger partial charge >= 0.3 is 6.18 Å². The Morgan fingerprint density at radius 1 is 1.32 bits per heavy atom. The lowest BCUT2D eigenvalue weighted by Gasteiger charge is -2.13. The molecule has 6 heteroatoms. The minimum atomic E-state index is -4.33. The summed E-state index contributed by atoms with van der Waals surface area (Å²) >= 11 is 1.52. The molecule has 0 atom stereocenters. The maximum absolute atomic E-state index is 12.7. The minimum absolute atomic E-state index is 0.164. The van der Waals surface area contributed by atoms with E-state index in [-0.39, 0.29) is 5.54 Å². The molecular formula is C13H15F3N2S. The SMILES string of the molecule is Cc1ccc(C(F)(F)F)cc1NC1=NC(C)(C)CS1. The van der Waals surface area contributed by atoms with Crippen molar-refractivity contribution in [3.63, 3.8) is 0 Å². The zero-order valence-corrected chi connectivity index (χ0v) is 11.7. The summed E-state index contributed by atoms with van der Waals surface area (Å²) in [7, 11) is 0. The third kappa shape index (κ3) is 3.43. The Bertz CT molecular complexity index is 521. The molecule has 0 bridgehead atoms. The molecule has 0 saturated carbocycles. The van der Waals surface area contributed by atoms with Crippen LogP contribution < -0.4 is 5.32 Å². The molecule has 1 N–H and O–H groups in total. The first kappa shape index (κ1) is 14.2. The summed E-state index contributed by atoms with van der Waals surface area (Å²) in [5, 5.41) is 3.66. The number of alkyl halides is 3. The van der Waals surface area contributed by atoms with Crippen LogP contribution >= 0.6 is 11.8 Å². The molecule has 0 spiro atoms. The van der Waals surface area contributed by atoms with Crippen molar-refractivity contribution >= 4 is 22.6 Å². The highest BCUT2D eigenvalue weighted by atomic mass is 32.2. The van der Waals surface area contributed by atoms with E-state index in [1.165, 1.54) is 17.8 Å². The Kier molecular flexibility index (Phi) is 3.55. The van der Waals surface area contributed by atoms with Gasteiger partial charge < -0.3 is 5.32 Å². The topological polar surface area (TPSA) is 24.4 Å². The lowest BCUT2D eigenvalue weighted by Crippen LogP contribution is -2.15. The summed E-state index contributed by atoms with van der Waals surface area (Å²) in [4.78, 5) is 4.44. The van der Waals surface area contributed by atoms with Crippen molar-refractivity contribution in [1.29, 1.82) is 0 Å². The third-order valence-corrected chi connectivity index (χ3v) is 4.09. The van der Waals surface area contributed by atoms with Crippen molar-refractivity contribution in [3.8, 4) is 0 Å². The van der Waals surface area contributed by atoms with Crippen molar-refractivity contribution in [2.75, 3.05) is 11.1 Å². The number of aliphatic imine (C=N–C) groups is 1. The van der Waals surface area contributed by atoms with Crippen LogP contribution in [0.1, 0.15) is 25.0 Å². The molecule has 0 saturated heterocycles. The molecule has 2 nitrogen and oxygen atoms in total. The van der Waals surface area contributed by atoms with Gasteiger partial charge in [0.05, 0.1) is 11.1 Å². The largest absolute Gasteiger partial charge is 0.416 e. The van der Waals surface area contributed by atoms with Crippen LogP contribution in [-0.4, -0.2) is 16.5 Å². The van der Waals surface area contributed by atoms with E-state index in [9.17, 15) is 13.2 Å². The number of benzene rings is 1. The number of anilines is 1. The molecule has 0 fully saturated rings. The molecule has 1 aromatic rings. The fourth-order valence-electron chi connectivity index (χ4n) is 1.70. The van der Waals surface area contributed by atoms with Gasteiger partial charge in [-0.25, -0.2) is 0 Å². The molecule has 0 aliphatic carbocycles. The van der Waals surface area contributed by atoms with Crippen LogP contribution in [0.4, 0.5) is 18.9 Å². The van der Waals surface area contributed by atoms with E-state index >= 15 is 0 Å². The molecule has 1 aliphatic rings. The quantitative estimate of drug-likeness (QED) is 0.833. The van der Waals surface area contributed by atoms with Crippen molar-refractivity contribution in [3.05, 3.63) is 29.3 Å². The molecule has 1 aromatic carbocycles. The predicted octanol–water partition coefficient (Wildman–Crippen LogP) is 4.31. The first-order valence-corrected chi connectivity index (χ1v) is 6.83. The highest BCUT2D eigenvalue weighted by molar-refractivity contribution is 8.14. The molecular weight excluding hydrogens is 273 g/mol. The molecule has 1 heterocycles. The van der Waals surface area contributed by atoms with Gasteiger partial charge in [0.1, 0.15) is 0 Å². The molecule has 0 amide bonds. The molecule has 0 aromatic heterocycles. The van der Waals surface area contributed by atoms with Gasteiger partial charge in [-0.1, -0.05) is 17.8 Å². The second-order valence-electron chi connectivity index (χ2n) is 5.17. The van der Waals surface area contributed by atoms with Crippen LogP contribution in [0.5, 0.6) is 0 Å². The zero-order valence-electron chi connectivity index (χ0n) is 10.9. The molecule has 104 valence electrons. The second-order valence-corrected chi connectivity index (χ2v) is 6.13. The number of hydrogen-bond donors (Lipinski definition) is 1. The van der Waals surface area contributed by atoms with Crippen LogP contribution in [-0.2, 0) is 6.18 Å². The van der Waals surface area contributed by atoms with Crippen LogP contribution in [0.2, 0.25) is 0 Å². The van der Waals surface area contributed by atoms with Crippen molar-refractivity contribution in [2.45, 2.75) is 32.5 Å². The molecule has 0 radical (unpaired) electrons. The van der Waals surface area contributed by atoms with Gasteiger partial charge in [-0.3, -0.25) is 4.99 Å². The average molecular weight is 288 g/mol. The summed E-state index contributed by atoms with van der Waals surface area (Å²) in [5.74, 6) is 0.827. The van der Waals surface area contributed by atoms with E-state index < -0.39 is 11.7 Å². The Morgan fingerprint density at radius 2 is 2.00 bits per heavy atom. The number of hydrogen-bond acceptors (Lipinski definition) is 3. The van der Waals surface area contributed by atoms with Crippen molar-refractivity contribution < 1.29 is 13.2 Å². The smallest absolute Gasteiger partial charge is 0.335 e. The lowest BCUT2D eigenvalue weighted by molar-refractivity contribution is -0.137. The fourth-order valence-corrected chi connectivity index (χ4v) is 2.74. The van der Waals surface area contributed by atoms with Crippen molar-refractivity contribution in [1.82, 2.24) is 0 Å². The number of thioether (sulfide) groups is 1. The Morgan fingerprint density at radius 3 is 2.53 bits per heavy atom. The number of halogens is 3. The van der Waals surface area contributed by atoms with E-state index in [4.69, 9.17) is 0 Å². The van der Waals surface area contributed by atoms with Crippen LogP contribution in [0.3, 0.4) is 0 Å². The summed E-state index contributed by atoms with van der Waals surface area (Å²) in [5.41, 5.74) is 0.408. The first-order valence-electron chi connectivity index (χ1n) is 5.85. The van der Waals surface area contributed by atoms with Crippen molar-refractivity contribution in [2.24, 2.45) is 4.99 Å². The third-order valence-electron chi connectivity index (χ3n) is 2.77. The Balaban J connectivity index is 2.26. The van der Waals surface area contributed by atoms with Gasteiger partial charge in [0.25, 0.3) is 0 Å². The maximum Gasteiger partial charge on any atom is 0.416 e. The minimum Gasteiger partial charge on any atom is -0.335 e. The number of rotatable bonds is 1. The molecule has 2 rings (SSSR count). The van der Waals surface area contributed by atoms with Crippen LogP contribution in [0.15, 0.2) is 23.2 Å². The van der Waals surface area contributed by atoms with E-state index in [2.05, 4.69) is 10.3 Å². The number of aryl methyl sites for hydroxylation is 1. The van der Waals surface area contributed by atoms with E-state index in [1.807, 2.05) is 13.8 Å². The van der Waals surface area contributed by atoms with E-state index in [1.54, 1.807) is 6.92 Å². The monoisotopic (exact) mass is 288 g/mol. The van der Waals surface area contributed by atoms with Gasteiger partial charge in [-0.15, -0.1) is 0 Å². The van der Waals surface area contributed by atoms with Gasteiger partial charge in [0, 0.05) is 11.4 Å². The Hall–Kier alpha value is -1.17. The summed E-state index contributed by atoms with van der Waals surface area (Å²) in [6.07, 6.45) is -4.33. The second kappa shape index (κ2) is 4.74. The van der Waals surface area contributed by atoms with Gasteiger partial charge in [0.15, 0.2) is 5.17 Å². The average Bonchev–Trinajstić information content (AvgIpc) is 2.60. The van der Waals surface area contributed by atoms with Gasteiger partial charge in [-0.2, -0.15) is 13.2 Å². The van der Waals surface area contributed by atoms with E-state index in [0.29, 0.717) is 10.9 Å². The number of amidine groups is 1. The molecule has 1 aliphatic heterocycles. The number of nitrogens with one attached hydrogen (secondary N) is 1. The van der Waals surface area contributed by atoms with Crippen LogP contribution in [0.25, 0.3) is 0 Å². The summed E-state index contributed by atoms with van der Waals surface area (Å²) in [6, 6.07) is 3.69. The summed E-state index contributed by atoms with van der Waals surface area (Å²) in [6.45, 7) is 5.76. The lowest BCUT2D eigenvalue weighted by atomic mass is 10.1. The number of nitrogens with zero attached hydrogens (tertiary/aromatic N) is 1. The highest BCUT2D eigenvalue weighted by Gasteiger charge is 2.31. The zero-order chi connectivity index (χ0) is 14.3. The van der Waals surface area contributed by atoms with Crippen LogP contribution in [0, 0.1) is 6.92 Å². The van der Waals surface area contributed by atoms with Gasteiger partial charge in [-0.05, 0) is 38.5 Å². The normalized spacial score (nSPS) is 18.3. The standard InChI is InChI=1S/C13H15F3N2S/c1-8-4-5-9(13(14,15)16)6-10(8)17-11-18-12(2,3)7-19-11/h4-6H,7H2,1-3H3,(H,17,18). The first-order chi connectivity index (χ1) is 8.67.